The summed E-state index contributed by atoms with van der Waals surface area (Å²) in [5.41, 5.74) is 2.50. The van der Waals surface area contributed by atoms with Gasteiger partial charge in [-0.2, -0.15) is 0 Å². The number of hydrogen-bond acceptors (Lipinski definition) is 2. The molecule has 0 spiro atoms. The maximum absolute atomic E-state index is 5.52. The summed E-state index contributed by atoms with van der Waals surface area (Å²) in [7, 11) is 1.73. The number of benzene rings is 3. The fourth-order valence-corrected chi connectivity index (χ4v) is 2.62. The van der Waals surface area contributed by atoms with Crippen LogP contribution in [-0.4, -0.2) is 7.11 Å². The van der Waals surface area contributed by atoms with Crippen LogP contribution < -0.4 is 10.1 Å². The summed E-state index contributed by atoms with van der Waals surface area (Å²) in [5.74, 6) is 0.939. The van der Waals surface area contributed by atoms with Gasteiger partial charge in [0.15, 0.2) is 0 Å². The maximum atomic E-state index is 5.52. The summed E-state index contributed by atoms with van der Waals surface area (Å²) in [4.78, 5) is 0. The van der Waals surface area contributed by atoms with Gasteiger partial charge in [-0.1, -0.05) is 60.7 Å². The molecule has 3 aromatic rings. The number of hydrogen-bond donors (Lipinski definition) is 1. The minimum atomic E-state index is 0. The number of halogens is 1. The zero-order valence-electron chi connectivity index (χ0n) is 12.6. The van der Waals surface area contributed by atoms with Crippen molar-refractivity contribution in [3.8, 4) is 5.75 Å². The van der Waals surface area contributed by atoms with E-state index >= 15 is 0 Å². The lowest BCUT2D eigenvalue weighted by molar-refractivity contribution is 0.408. The molecule has 0 aliphatic rings. The van der Waals surface area contributed by atoms with E-state index in [1.165, 1.54) is 21.9 Å². The first kappa shape index (κ1) is 16.3. The lowest BCUT2D eigenvalue weighted by Gasteiger charge is -2.13. The second-order valence-corrected chi connectivity index (χ2v) is 5.06. The molecule has 0 radical (unpaired) electrons. The minimum absolute atomic E-state index is 0. The molecule has 1 N–H and O–H groups in total. The Morgan fingerprint density at radius 1 is 0.818 bits per heavy atom. The molecule has 114 valence electrons. The summed E-state index contributed by atoms with van der Waals surface area (Å²) >= 11 is 0. The number of ether oxygens (including phenoxy) is 1. The Morgan fingerprint density at radius 2 is 1.55 bits per heavy atom. The highest BCUT2D eigenvalue weighted by atomic mass is 35.5. The molecular formula is C19H20ClNO. The first-order chi connectivity index (χ1) is 10.4. The van der Waals surface area contributed by atoms with Crippen LogP contribution in [0.25, 0.3) is 10.8 Å². The van der Waals surface area contributed by atoms with Crippen LogP contribution in [0.15, 0.2) is 66.7 Å². The van der Waals surface area contributed by atoms with Crippen molar-refractivity contribution in [1.82, 2.24) is 5.32 Å². The minimum Gasteiger partial charge on any atom is -0.496 e. The third-order valence-corrected chi connectivity index (χ3v) is 3.69. The van der Waals surface area contributed by atoms with Crippen LogP contribution in [0.2, 0.25) is 0 Å². The van der Waals surface area contributed by atoms with E-state index in [1.807, 2.05) is 12.1 Å². The van der Waals surface area contributed by atoms with Crippen LogP contribution in [0.1, 0.15) is 11.1 Å². The van der Waals surface area contributed by atoms with Gasteiger partial charge in [0.25, 0.3) is 0 Å². The second kappa shape index (κ2) is 7.83. The normalized spacial score (nSPS) is 10.2. The quantitative estimate of drug-likeness (QED) is 0.745. The van der Waals surface area contributed by atoms with Crippen LogP contribution >= 0.6 is 12.4 Å². The van der Waals surface area contributed by atoms with Gasteiger partial charge in [0.2, 0.25) is 0 Å². The fraction of sp³-hybridized carbons (Fsp3) is 0.158. The van der Waals surface area contributed by atoms with E-state index in [-0.39, 0.29) is 12.4 Å². The molecular weight excluding hydrogens is 294 g/mol. The van der Waals surface area contributed by atoms with E-state index in [0.29, 0.717) is 0 Å². The van der Waals surface area contributed by atoms with Crippen LogP contribution in [0, 0.1) is 0 Å². The van der Waals surface area contributed by atoms with Gasteiger partial charge in [0, 0.05) is 18.7 Å². The molecule has 0 aliphatic heterocycles. The molecule has 0 unspecified atom stereocenters. The molecule has 0 saturated carbocycles. The Bertz CT molecular complexity index is 728. The molecule has 3 aromatic carbocycles. The largest absolute Gasteiger partial charge is 0.496 e. The smallest absolute Gasteiger partial charge is 0.123 e. The zero-order valence-corrected chi connectivity index (χ0v) is 13.4. The van der Waals surface area contributed by atoms with Gasteiger partial charge in [-0.3, -0.25) is 0 Å². The number of methoxy groups -OCH3 is 1. The van der Waals surface area contributed by atoms with Crippen molar-refractivity contribution in [2.75, 3.05) is 7.11 Å². The first-order valence-corrected chi connectivity index (χ1v) is 7.18. The van der Waals surface area contributed by atoms with Crippen molar-refractivity contribution in [3.63, 3.8) is 0 Å². The molecule has 0 aliphatic carbocycles. The molecule has 3 rings (SSSR count). The lowest BCUT2D eigenvalue weighted by atomic mass is 10.0. The van der Waals surface area contributed by atoms with Gasteiger partial charge in [0.05, 0.1) is 7.11 Å². The van der Waals surface area contributed by atoms with E-state index in [0.717, 1.165) is 18.8 Å². The Kier molecular flexibility index (Phi) is 5.82. The van der Waals surface area contributed by atoms with Crippen molar-refractivity contribution in [3.05, 3.63) is 77.9 Å². The highest BCUT2D eigenvalue weighted by Crippen LogP contribution is 2.27. The summed E-state index contributed by atoms with van der Waals surface area (Å²) in [6.45, 7) is 1.65. The number of fused-ring (bicyclic) bond motifs is 1. The van der Waals surface area contributed by atoms with Gasteiger partial charge in [-0.15, -0.1) is 12.4 Å². The van der Waals surface area contributed by atoms with Gasteiger partial charge in [0.1, 0.15) is 5.75 Å². The summed E-state index contributed by atoms with van der Waals surface area (Å²) in [6.07, 6.45) is 0. The lowest BCUT2D eigenvalue weighted by Crippen LogP contribution is -2.13. The standard InChI is InChI=1S/C19H19NO.ClH/c1-21-19-12-11-16-9-5-6-10-17(16)18(19)14-20-13-15-7-3-2-4-8-15;/h2-12,20H,13-14H2,1H3;1H. The average molecular weight is 314 g/mol. The third-order valence-electron chi connectivity index (χ3n) is 3.69. The van der Waals surface area contributed by atoms with Crippen molar-refractivity contribution in [1.29, 1.82) is 0 Å². The van der Waals surface area contributed by atoms with Crippen molar-refractivity contribution in [2.45, 2.75) is 13.1 Å². The number of rotatable bonds is 5. The molecule has 0 aromatic heterocycles. The Labute approximate surface area is 137 Å². The molecule has 0 heterocycles. The van der Waals surface area contributed by atoms with Crippen molar-refractivity contribution >= 4 is 23.2 Å². The molecule has 0 saturated heterocycles. The maximum Gasteiger partial charge on any atom is 0.123 e. The van der Waals surface area contributed by atoms with E-state index in [4.69, 9.17) is 4.74 Å². The Morgan fingerprint density at radius 3 is 2.32 bits per heavy atom. The van der Waals surface area contributed by atoms with Crippen molar-refractivity contribution < 1.29 is 4.74 Å². The predicted molar refractivity (Wildman–Crippen MR) is 94.7 cm³/mol. The average Bonchev–Trinajstić information content (AvgIpc) is 2.56. The predicted octanol–water partition coefficient (Wildman–Crippen LogP) is 4.56. The molecule has 22 heavy (non-hydrogen) atoms. The first-order valence-electron chi connectivity index (χ1n) is 7.18. The Balaban J connectivity index is 0.00000176. The molecule has 0 atom stereocenters. The highest BCUT2D eigenvalue weighted by molar-refractivity contribution is 5.87. The SMILES string of the molecule is COc1ccc2ccccc2c1CNCc1ccccc1.Cl. The second-order valence-electron chi connectivity index (χ2n) is 5.06. The van der Waals surface area contributed by atoms with E-state index in [2.05, 4.69) is 59.9 Å². The van der Waals surface area contributed by atoms with E-state index in [1.54, 1.807) is 7.11 Å². The van der Waals surface area contributed by atoms with Gasteiger partial charge in [-0.05, 0) is 22.4 Å². The monoisotopic (exact) mass is 313 g/mol. The third kappa shape index (κ3) is 3.59. The van der Waals surface area contributed by atoms with Crippen molar-refractivity contribution in [2.24, 2.45) is 0 Å². The molecule has 0 amide bonds. The van der Waals surface area contributed by atoms with Crippen LogP contribution in [0.4, 0.5) is 0 Å². The fourth-order valence-electron chi connectivity index (χ4n) is 2.62. The molecule has 2 nitrogen and oxygen atoms in total. The van der Waals surface area contributed by atoms with Gasteiger partial charge >= 0.3 is 0 Å². The van der Waals surface area contributed by atoms with Crippen LogP contribution in [-0.2, 0) is 13.1 Å². The molecule has 3 heteroatoms. The van der Waals surface area contributed by atoms with Crippen LogP contribution in [0.5, 0.6) is 5.75 Å². The number of nitrogens with one attached hydrogen (secondary N) is 1. The summed E-state index contributed by atoms with van der Waals surface area (Å²) in [6, 6.07) is 23.0. The van der Waals surface area contributed by atoms with Gasteiger partial charge < -0.3 is 10.1 Å². The highest BCUT2D eigenvalue weighted by Gasteiger charge is 2.07. The van der Waals surface area contributed by atoms with Crippen LogP contribution in [0.3, 0.4) is 0 Å². The summed E-state index contributed by atoms with van der Waals surface area (Å²) in [5, 5.41) is 6.00. The topological polar surface area (TPSA) is 21.3 Å². The molecule has 0 fully saturated rings. The van der Waals surface area contributed by atoms with E-state index < -0.39 is 0 Å². The zero-order chi connectivity index (χ0) is 14.5. The van der Waals surface area contributed by atoms with E-state index in [9.17, 15) is 0 Å². The van der Waals surface area contributed by atoms with Gasteiger partial charge in [-0.25, -0.2) is 0 Å². The summed E-state index contributed by atoms with van der Waals surface area (Å²) < 4.78 is 5.52. The molecule has 0 bridgehead atoms. The Hall–Kier alpha value is -2.03.